The van der Waals surface area contributed by atoms with Crippen LogP contribution in [0.2, 0.25) is 0 Å². The average molecular weight is 391 g/mol. The van der Waals surface area contributed by atoms with Crippen molar-refractivity contribution in [1.82, 2.24) is 0 Å². The molecule has 0 aliphatic carbocycles. The molecule has 2 N–H and O–H groups in total. The van der Waals surface area contributed by atoms with E-state index in [9.17, 15) is 9.18 Å². The van der Waals surface area contributed by atoms with Crippen molar-refractivity contribution in [2.75, 3.05) is 12.8 Å². The molecule has 29 heavy (non-hydrogen) atoms. The number of halogens is 1. The Morgan fingerprint density at radius 1 is 1.03 bits per heavy atom. The van der Waals surface area contributed by atoms with Crippen LogP contribution in [0.5, 0.6) is 11.5 Å². The molecule has 1 heterocycles. The Labute approximate surface area is 166 Å². The minimum Gasteiger partial charge on any atom is -0.497 e. The van der Waals surface area contributed by atoms with Gasteiger partial charge in [-0.1, -0.05) is 30.3 Å². The highest BCUT2D eigenvalue weighted by Crippen LogP contribution is 2.44. The molecule has 0 unspecified atom stereocenters. The molecule has 4 aromatic rings. The smallest absolute Gasteiger partial charge is 0.308 e. The number of hydrogen-bond donors (Lipinski definition) is 1. The monoisotopic (exact) mass is 391 g/mol. The third-order valence-corrected chi connectivity index (χ3v) is 4.60. The van der Waals surface area contributed by atoms with Gasteiger partial charge in [0.15, 0.2) is 5.88 Å². The molecule has 0 atom stereocenters. The first-order valence-electron chi connectivity index (χ1n) is 8.91. The molecule has 0 spiro atoms. The van der Waals surface area contributed by atoms with E-state index >= 15 is 0 Å². The molecule has 0 fully saturated rings. The summed E-state index contributed by atoms with van der Waals surface area (Å²) >= 11 is 0. The van der Waals surface area contributed by atoms with Crippen molar-refractivity contribution in [1.29, 1.82) is 0 Å². The first kappa shape index (κ1) is 18.6. The zero-order valence-electron chi connectivity index (χ0n) is 15.9. The quantitative estimate of drug-likeness (QED) is 0.371. The maximum absolute atomic E-state index is 14.5. The summed E-state index contributed by atoms with van der Waals surface area (Å²) in [5.41, 5.74) is 8.73. The molecule has 0 saturated carbocycles. The fraction of sp³-hybridized carbons (Fsp3) is 0.0870. The number of ether oxygens (including phenoxy) is 2. The largest absolute Gasteiger partial charge is 0.497 e. The molecule has 6 heteroatoms. The van der Waals surface area contributed by atoms with E-state index < -0.39 is 11.8 Å². The molecule has 0 bridgehead atoms. The number of nitrogens with two attached hydrogens (primary N) is 1. The van der Waals surface area contributed by atoms with Crippen LogP contribution < -0.4 is 15.2 Å². The van der Waals surface area contributed by atoms with E-state index in [-0.39, 0.29) is 17.2 Å². The minimum absolute atomic E-state index is 0.0467. The van der Waals surface area contributed by atoms with Crippen molar-refractivity contribution in [2.24, 2.45) is 0 Å². The van der Waals surface area contributed by atoms with Crippen LogP contribution in [0, 0.1) is 5.82 Å². The van der Waals surface area contributed by atoms with E-state index in [1.807, 2.05) is 24.3 Å². The fourth-order valence-corrected chi connectivity index (χ4v) is 3.33. The first-order valence-corrected chi connectivity index (χ1v) is 8.91. The lowest BCUT2D eigenvalue weighted by molar-refractivity contribution is -0.131. The zero-order chi connectivity index (χ0) is 20.5. The molecule has 0 amide bonds. The van der Waals surface area contributed by atoms with E-state index in [0.717, 1.165) is 16.9 Å². The maximum Gasteiger partial charge on any atom is 0.308 e. The van der Waals surface area contributed by atoms with Gasteiger partial charge in [-0.25, -0.2) is 4.39 Å². The molecule has 4 rings (SSSR count). The van der Waals surface area contributed by atoms with Crippen molar-refractivity contribution < 1.29 is 23.1 Å². The van der Waals surface area contributed by atoms with Gasteiger partial charge in [0.2, 0.25) is 0 Å². The number of carbonyl (C=O) groups excluding carboxylic acids is 1. The van der Waals surface area contributed by atoms with Crippen molar-refractivity contribution in [2.45, 2.75) is 6.92 Å². The summed E-state index contributed by atoms with van der Waals surface area (Å²) in [5, 5.41) is 0.445. The topological polar surface area (TPSA) is 74.7 Å². The van der Waals surface area contributed by atoms with E-state index in [1.54, 1.807) is 37.4 Å². The van der Waals surface area contributed by atoms with Crippen LogP contribution in [-0.2, 0) is 4.79 Å². The van der Waals surface area contributed by atoms with Gasteiger partial charge in [-0.2, -0.15) is 0 Å². The SMILES string of the molecule is COc1ccc(-c2cc(OC(C)=O)c3c(-c4ccccc4F)c(N)oc3c2)cc1. The second kappa shape index (κ2) is 7.31. The molecular formula is C23H18FNO4. The number of fused-ring (bicyclic) bond motifs is 1. The summed E-state index contributed by atoms with van der Waals surface area (Å²) < 4.78 is 30.8. The third-order valence-electron chi connectivity index (χ3n) is 4.60. The predicted molar refractivity (Wildman–Crippen MR) is 109 cm³/mol. The van der Waals surface area contributed by atoms with Crippen LogP contribution in [0.4, 0.5) is 10.3 Å². The van der Waals surface area contributed by atoms with E-state index in [1.165, 1.54) is 13.0 Å². The maximum atomic E-state index is 14.5. The van der Waals surface area contributed by atoms with Gasteiger partial charge >= 0.3 is 5.97 Å². The summed E-state index contributed by atoms with van der Waals surface area (Å²) in [6, 6.07) is 17.1. The molecular weight excluding hydrogens is 373 g/mol. The molecule has 1 aromatic heterocycles. The third kappa shape index (κ3) is 3.40. The lowest BCUT2D eigenvalue weighted by Crippen LogP contribution is -2.02. The fourth-order valence-electron chi connectivity index (χ4n) is 3.33. The van der Waals surface area contributed by atoms with Gasteiger partial charge in [0.05, 0.1) is 18.1 Å². The van der Waals surface area contributed by atoms with Gasteiger partial charge in [-0.05, 0) is 41.5 Å². The van der Waals surface area contributed by atoms with Gasteiger partial charge in [-0.3, -0.25) is 4.79 Å². The second-order valence-corrected chi connectivity index (χ2v) is 6.49. The first-order chi connectivity index (χ1) is 14.0. The van der Waals surface area contributed by atoms with Gasteiger partial charge in [0.25, 0.3) is 0 Å². The Hall–Kier alpha value is -3.80. The molecule has 146 valence electrons. The molecule has 0 aliphatic rings. The Bertz CT molecular complexity index is 1210. The highest BCUT2D eigenvalue weighted by Gasteiger charge is 2.22. The molecule has 3 aromatic carbocycles. The predicted octanol–water partition coefficient (Wildman–Crippen LogP) is 5.42. The van der Waals surface area contributed by atoms with E-state index in [0.29, 0.717) is 16.5 Å². The Morgan fingerprint density at radius 3 is 2.41 bits per heavy atom. The van der Waals surface area contributed by atoms with Crippen LogP contribution in [0.25, 0.3) is 33.2 Å². The Morgan fingerprint density at radius 2 is 1.76 bits per heavy atom. The van der Waals surface area contributed by atoms with Crippen LogP contribution in [0.3, 0.4) is 0 Å². The standard InChI is InChI=1S/C23H18FNO4/c1-13(26)28-19-11-15(14-7-9-16(27-2)10-8-14)12-20-22(19)21(23(25)29-20)17-5-3-4-6-18(17)24/h3-12H,25H2,1-2H3. The Kier molecular flexibility index (Phi) is 4.68. The van der Waals surface area contributed by atoms with Gasteiger partial charge in [0.1, 0.15) is 22.9 Å². The molecule has 0 radical (unpaired) electrons. The lowest BCUT2D eigenvalue weighted by Gasteiger charge is -2.10. The van der Waals surface area contributed by atoms with Crippen molar-refractivity contribution in [3.63, 3.8) is 0 Å². The summed E-state index contributed by atoms with van der Waals surface area (Å²) in [6.45, 7) is 1.30. The number of methoxy groups -OCH3 is 1. The lowest BCUT2D eigenvalue weighted by atomic mass is 9.99. The summed E-state index contributed by atoms with van der Waals surface area (Å²) in [7, 11) is 1.59. The molecule has 0 saturated heterocycles. The van der Waals surface area contributed by atoms with Crippen LogP contribution >= 0.6 is 0 Å². The van der Waals surface area contributed by atoms with Crippen molar-refractivity contribution >= 4 is 22.8 Å². The molecule has 0 aliphatic heterocycles. The van der Waals surface area contributed by atoms with Crippen molar-refractivity contribution in [3.8, 4) is 33.8 Å². The number of nitrogen functional groups attached to an aromatic ring is 1. The van der Waals surface area contributed by atoms with E-state index in [2.05, 4.69) is 0 Å². The average Bonchev–Trinajstić information content (AvgIpc) is 3.04. The highest BCUT2D eigenvalue weighted by molar-refractivity contribution is 6.06. The second-order valence-electron chi connectivity index (χ2n) is 6.49. The number of hydrogen-bond acceptors (Lipinski definition) is 5. The highest BCUT2D eigenvalue weighted by atomic mass is 19.1. The van der Waals surface area contributed by atoms with Crippen LogP contribution in [-0.4, -0.2) is 13.1 Å². The number of benzene rings is 3. The summed E-state index contributed by atoms with van der Waals surface area (Å²) in [6.07, 6.45) is 0. The Balaban J connectivity index is 1.97. The van der Waals surface area contributed by atoms with Gasteiger partial charge in [0, 0.05) is 12.5 Å². The number of rotatable bonds is 4. The summed E-state index contributed by atoms with van der Waals surface area (Å²) in [4.78, 5) is 11.7. The number of furan rings is 1. The van der Waals surface area contributed by atoms with Crippen LogP contribution in [0.1, 0.15) is 6.92 Å². The summed E-state index contributed by atoms with van der Waals surface area (Å²) in [5.74, 6) is 0.0661. The molecule has 5 nitrogen and oxygen atoms in total. The minimum atomic E-state index is -0.502. The normalized spacial score (nSPS) is 10.9. The van der Waals surface area contributed by atoms with Gasteiger partial charge < -0.3 is 19.6 Å². The number of anilines is 1. The van der Waals surface area contributed by atoms with Crippen LogP contribution in [0.15, 0.2) is 65.1 Å². The van der Waals surface area contributed by atoms with Crippen molar-refractivity contribution in [3.05, 3.63) is 66.5 Å². The van der Waals surface area contributed by atoms with E-state index in [4.69, 9.17) is 19.6 Å². The number of esters is 1. The van der Waals surface area contributed by atoms with Gasteiger partial charge in [-0.15, -0.1) is 0 Å². The zero-order valence-corrected chi connectivity index (χ0v) is 15.9. The number of carbonyl (C=O) groups is 1.